The second kappa shape index (κ2) is 12.2. The van der Waals surface area contributed by atoms with E-state index in [2.05, 4.69) is 48.9 Å². The quantitative estimate of drug-likeness (QED) is 0.182. The molecule has 2 saturated carbocycles. The molecule has 8 nitrogen and oxygen atoms in total. The van der Waals surface area contributed by atoms with E-state index in [1.54, 1.807) is 18.2 Å². The molecule has 1 N–H and O–H groups in total. The van der Waals surface area contributed by atoms with Gasteiger partial charge in [-0.2, -0.15) is 5.26 Å². The Kier molecular flexibility index (Phi) is 7.58. The second-order valence-electron chi connectivity index (χ2n) is 15.5. The van der Waals surface area contributed by atoms with Crippen LogP contribution in [-0.2, 0) is 11.2 Å². The molecule has 0 radical (unpaired) electrons. The molecule has 6 atom stereocenters. The van der Waals surface area contributed by atoms with Crippen molar-refractivity contribution in [2.45, 2.75) is 69.6 Å². The van der Waals surface area contributed by atoms with E-state index < -0.39 is 5.82 Å². The molecule has 4 saturated heterocycles. The van der Waals surface area contributed by atoms with E-state index in [1.165, 1.54) is 0 Å². The first-order valence-electron chi connectivity index (χ1n) is 18.5. The van der Waals surface area contributed by atoms with E-state index in [0.717, 1.165) is 78.7 Å². The molecule has 0 spiro atoms. The predicted molar refractivity (Wildman–Crippen MR) is 201 cm³/mol. The van der Waals surface area contributed by atoms with Crippen molar-refractivity contribution in [2.24, 2.45) is 17.8 Å². The summed E-state index contributed by atoms with van der Waals surface area (Å²) in [5.41, 5.74) is 5.78. The van der Waals surface area contributed by atoms with Crippen molar-refractivity contribution in [3.63, 3.8) is 0 Å². The van der Waals surface area contributed by atoms with Crippen molar-refractivity contribution < 1.29 is 9.18 Å². The Morgan fingerprint density at radius 2 is 1.90 bits per heavy atom. The van der Waals surface area contributed by atoms with E-state index in [-0.39, 0.29) is 52.8 Å². The summed E-state index contributed by atoms with van der Waals surface area (Å²) >= 11 is 13.2. The van der Waals surface area contributed by atoms with Gasteiger partial charge in [0.1, 0.15) is 5.52 Å². The zero-order chi connectivity index (χ0) is 35.4. The van der Waals surface area contributed by atoms with Gasteiger partial charge in [-0.25, -0.2) is 9.37 Å². The van der Waals surface area contributed by atoms with Crippen LogP contribution in [0.4, 0.5) is 10.1 Å². The lowest BCUT2D eigenvalue weighted by molar-refractivity contribution is -0.135. The van der Waals surface area contributed by atoms with Crippen LogP contribution in [0.25, 0.3) is 32.9 Å². The summed E-state index contributed by atoms with van der Waals surface area (Å²) in [6, 6.07) is 16.4. The van der Waals surface area contributed by atoms with E-state index in [0.29, 0.717) is 40.1 Å². The van der Waals surface area contributed by atoms with Crippen LogP contribution >= 0.6 is 23.2 Å². The molecule has 4 bridgehead atoms. The SMILES string of the molecule is Cc1nc2c(F)c(-c3cccc(Cl)c3Cl)c(CCC#N)cc2c2c1cc(C1C3CC(CN(c4ccncc4)C3)N1C(=O)C1CC1)n2C1C2CNC1C2. The lowest BCUT2D eigenvalue weighted by atomic mass is 9.79. The molecule has 264 valence electrons. The van der Waals surface area contributed by atoms with Gasteiger partial charge in [0.25, 0.3) is 0 Å². The van der Waals surface area contributed by atoms with Crippen LogP contribution in [0.15, 0.2) is 54.9 Å². The Morgan fingerprint density at radius 3 is 2.63 bits per heavy atom. The molecule has 2 aromatic carbocycles. The first-order valence-corrected chi connectivity index (χ1v) is 19.3. The van der Waals surface area contributed by atoms with Crippen LogP contribution in [0, 0.1) is 41.8 Å². The standard InChI is InChI=1S/C41H38Cl2FN7O/c1-21-29-17-33(39-25-14-27(50(39)41(52)22-7-8-22)20-49(19-25)26-9-12-46-13-10-26)51(38-24-16-32(38)47-18-24)40(29)30-15-23(4-3-11-45)34(36(44)37(30)48-21)28-5-2-6-31(42)35(28)43/h2,5-6,9-10,12-13,15,17,22,24-25,27,32,38-39,47H,3-4,7-8,14,16,18-20H2,1H3. The number of anilines is 1. The van der Waals surface area contributed by atoms with Gasteiger partial charge >= 0.3 is 0 Å². The number of aromatic nitrogens is 3. The molecule has 11 rings (SSSR count). The normalized spacial score (nSPS) is 26.3. The molecule has 6 unspecified atom stereocenters. The summed E-state index contributed by atoms with van der Waals surface area (Å²) in [7, 11) is 0. The fourth-order valence-electron chi connectivity index (χ4n) is 10.1. The number of nitrogens with one attached hydrogen (secondary N) is 1. The highest BCUT2D eigenvalue weighted by Crippen LogP contribution is 2.54. The average Bonchev–Trinajstić information content (AvgIpc) is 3.43. The maximum Gasteiger partial charge on any atom is 0.226 e. The van der Waals surface area contributed by atoms with E-state index in [9.17, 15) is 10.1 Å². The Hall–Kier alpha value is -4.23. The van der Waals surface area contributed by atoms with E-state index in [4.69, 9.17) is 28.2 Å². The molecule has 2 aliphatic carbocycles. The number of nitriles is 1. The van der Waals surface area contributed by atoms with Crippen molar-refractivity contribution in [1.82, 2.24) is 24.8 Å². The Bertz CT molecular complexity index is 2320. The molecular weight excluding hydrogens is 696 g/mol. The lowest BCUT2D eigenvalue weighted by Crippen LogP contribution is -2.45. The van der Waals surface area contributed by atoms with Crippen LogP contribution in [0.5, 0.6) is 0 Å². The maximum absolute atomic E-state index is 17.3. The Balaban J connectivity index is 1.22. The van der Waals surface area contributed by atoms with Gasteiger partial charge in [-0.1, -0.05) is 35.3 Å². The summed E-state index contributed by atoms with van der Waals surface area (Å²) in [6.45, 7) is 4.53. The van der Waals surface area contributed by atoms with Crippen molar-refractivity contribution >= 4 is 56.6 Å². The topological polar surface area (TPSA) is 90.1 Å². The fourth-order valence-corrected chi connectivity index (χ4v) is 10.5. The van der Waals surface area contributed by atoms with Crippen LogP contribution in [-0.4, -0.2) is 57.1 Å². The van der Waals surface area contributed by atoms with Gasteiger partial charge in [0, 0.05) is 95.3 Å². The third-order valence-electron chi connectivity index (χ3n) is 12.5. The van der Waals surface area contributed by atoms with Crippen molar-refractivity contribution in [3.05, 3.63) is 87.7 Å². The highest BCUT2D eigenvalue weighted by atomic mass is 35.5. The zero-order valence-electron chi connectivity index (χ0n) is 28.8. The fraction of sp³-hybridized carbons (Fsp3) is 0.415. The number of fused-ring (bicyclic) bond motifs is 6. The van der Waals surface area contributed by atoms with Gasteiger partial charge in [-0.3, -0.25) is 9.78 Å². The lowest BCUT2D eigenvalue weighted by Gasteiger charge is -2.40. The molecule has 1 amide bonds. The van der Waals surface area contributed by atoms with Gasteiger partial charge in [-0.15, -0.1) is 0 Å². The number of piperidine rings is 1. The third-order valence-corrected chi connectivity index (χ3v) is 13.4. The molecule has 6 fully saturated rings. The van der Waals surface area contributed by atoms with Crippen LogP contribution < -0.4 is 10.2 Å². The van der Waals surface area contributed by atoms with Crippen molar-refractivity contribution in [1.29, 1.82) is 5.26 Å². The summed E-state index contributed by atoms with van der Waals surface area (Å²) in [6.07, 6.45) is 8.20. The smallest absolute Gasteiger partial charge is 0.226 e. The number of nitrogens with zero attached hydrogens (tertiary/aromatic N) is 6. The number of pyridine rings is 2. The number of rotatable bonds is 7. The molecule has 7 heterocycles. The molecule has 6 aliphatic rings. The summed E-state index contributed by atoms with van der Waals surface area (Å²) in [4.78, 5) is 28.3. The average molecular weight is 735 g/mol. The number of amides is 1. The number of likely N-dealkylation sites (tertiary alicyclic amines) is 1. The third kappa shape index (κ3) is 4.83. The number of halogens is 3. The highest BCUT2D eigenvalue weighted by Gasteiger charge is 2.55. The van der Waals surface area contributed by atoms with E-state index >= 15 is 4.39 Å². The van der Waals surface area contributed by atoms with Crippen LogP contribution in [0.3, 0.4) is 0 Å². The van der Waals surface area contributed by atoms with Crippen LogP contribution in [0.1, 0.15) is 61.1 Å². The number of hydrogen-bond acceptors (Lipinski definition) is 6. The first-order chi connectivity index (χ1) is 25.3. The minimum Gasteiger partial charge on any atom is -0.369 e. The van der Waals surface area contributed by atoms with E-state index in [1.807, 2.05) is 25.4 Å². The first kappa shape index (κ1) is 32.4. The number of benzene rings is 2. The molecule has 3 aromatic heterocycles. The summed E-state index contributed by atoms with van der Waals surface area (Å²) in [5.74, 6) is 0.569. The highest BCUT2D eigenvalue weighted by molar-refractivity contribution is 6.43. The number of carbonyl (C=O) groups is 1. The van der Waals surface area contributed by atoms with Gasteiger partial charge in [0.15, 0.2) is 5.82 Å². The summed E-state index contributed by atoms with van der Waals surface area (Å²) < 4.78 is 19.8. The molecule has 11 heteroatoms. The largest absolute Gasteiger partial charge is 0.369 e. The molecular formula is C41H38Cl2FN7O. The van der Waals surface area contributed by atoms with Crippen LogP contribution in [0.2, 0.25) is 10.0 Å². The predicted octanol–water partition coefficient (Wildman–Crippen LogP) is 8.18. The van der Waals surface area contributed by atoms with Gasteiger partial charge in [0.2, 0.25) is 5.91 Å². The zero-order valence-corrected chi connectivity index (χ0v) is 30.3. The molecule has 52 heavy (non-hydrogen) atoms. The molecule has 4 aliphatic heterocycles. The second-order valence-corrected chi connectivity index (χ2v) is 16.3. The number of hydrogen-bond donors (Lipinski definition) is 1. The number of carbonyl (C=O) groups excluding carboxylic acids is 1. The maximum atomic E-state index is 17.3. The Morgan fingerprint density at radius 1 is 1.08 bits per heavy atom. The minimum atomic E-state index is -0.459. The Labute approximate surface area is 311 Å². The monoisotopic (exact) mass is 733 g/mol. The van der Waals surface area contributed by atoms with Gasteiger partial charge < -0.3 is 19.7 Å². The van der Waals surface area contributed by atoms with Gasteiger partial charge in [-0.05, 0) is 80.8 Å². The van der Waals surface area contributed by atoms with Gasteiger partial charge in [0.05, 0.1) is 39.8 Å². The molecule has 5 aromatic rings. The summed E-state index contributed by atoms with van der Waals surface area (Å²) in [5, 5.41) is 15.7. The van der Waals surface area contributed by atoms with Crippen molar-refractivity contribution in [2.75, 3.05) is 24.5 Å². The van der Waals surface area contributed by atoms with Crippen molar-refractivity contribution in [3.8, 4) is 17.2 Å². The number of aryl methyl sites for hydroxylation is 2. The minimum absolute atomic E-state index is 0.0911.